The molecule has 30 heavy (non-hydrogen) atoms. The zero-order valence-electron chi connectivity index (χ0n) is 15.3. The van der Waals surface area contributed by atoms with Crippen molar-refractivity contribution in [2.24, 2.45) is 5.73 Å². The van der Waals surface area contributed by atoms with E-state index < -0.39 is 17.6 Å². The van der Waals surface area contributed by atoms with Gasteiger partial charge in [-0.05, 0) is 42.0 Å². The molecule has 0 atom stereocenters. The molecule has 0 spiro atoms. The molecule has 0 saturated carbocycles. The first-order valence-electron chi connectivity index (χ1n) is 8.04. The van der Waals surface area contributed by atoms with E-state index in [9.17, 15) is 18.0 Å². The maximum Gasteiger partial charge on any atom is 0.416 e. The van der Waals surface area contributed by atoms with E-state index in [4.69, 9.17) is 10.5 Å². The zero-order valence-corrected chi connectivity index (χ0v) is 15.3. The fourth-order valence-corrected chi connectivity index (χ4v) is 2.34. The van der Waals surface area contributed by atoms with Crippen molar-refractivity contribution in [1.82, 2.24) is 10.2 Å². The van der Waals surface area contributed by atoms with Crippen LogP contribution in [0.2, 0.25) is 0 Å². The summed E-state index contributed by atoms with van der Waals surface area (Å²) in [4.78, 5) is 12.3. The van der Waals surface area contributed by atoms with Gasteiger partial charge in [-0.15, -0.1) is 0 Å². The molecule has 3 aromatic rings. The van der Waals surface area contributed by atoms with Gasteiger partial charge in [-0.3, -0.25) is 9.89 Å². The number of halogens is 3. The number of hydrogen-bond acceptors (Lipinski definition) is 4. The SMILES string of the molecule is NC=C(Oc1ccc(C(F)(F)F)cc1)C(=O)Nc1ccc(-c2cn[nH]c2)cc1.O.O. The Bertz CT molecular complexity index is 971. The maximum atomic E-state index is 12.6. The maximum absolute atomic E-state index is 12.6. The first-order chi connectivity index (χ1) is 13.4. The highest BCUT2D eigenvalue weighted by atomic mass is 19.4. The lowest BCUT2D eigenvalue weighted by molar-refractivity contribution is -0.137. The van der Waals surface area contributed by atoms with Crippen LogP contribution in [0.15, 0.2) is 72.9 Å². The number of aromatic amines is 1. The first-order valence-corrected chi connectivity index (χ1v) is 8.04. The van der Waals surface area contributed by atoms with Crippen LogP contribution in [0, 0.1) is 0 Å². The minimum Gasteiger partial charge on any atom is -0.450 e. The number of amides is 1. The quantitative estimate of drug-likeness (QED) is 0.424. The summed E-state index contributed by atoms with van der Waals surface area (Å²) < 4.78 is 43.1. The zero-order chi connectivity index (χ0) is 20.1. The molecular formula is C19H19F3N4O4. The van der Waals surface area contributed by atoms with Gasteiger partial charge in [0.25, 0.3) is 5.91 Å². The second-order valence-electron chi connectivity index (χ2n) is 5.67. The predicted molar refractivity (Wildman–Crippen MR) is 104 cm³/mol. The average Bonchev–Trinajstić information content (AvgIpc) is 3.21. The van der Waals surface area contributed by atoms with Crippen molar-refractivity contribution in [2.75, 3.05) is 5.32 Å². The number of nitrogens with two attached hydrogens (primary N) is 1. The van der Waals surface area contributed by atoms with Gasteiger partial charge < -0.3 is 26.7 Å². The van der Waals surface area contributed by atoms with E-state index in [-0.39, 0.29) is 22.5 Å². The Kier molecular flexibility index (Phi) is 8.14. The van der Waals surface area contributed by atoms with E-state index in [1.54, 1.807) is 36.7 Å². The number of H-pyrrole nitrogens is 1. The standard InChI is InChI=1S/C19H15F3N4O2.2H2O/c20-19(21,22)14-3-7-16(8-4-14)28-17(9-23)18(27)26-15-5-1-12(2-6-15)13-10-24-25-11-13;;/h1-11H,23H2,(H,24,25)(H,26,27);2*1H2. The molecule has 11 heteroatoms. The normalized spacial score (nSPS) is 11.1. The Labute approximate surface area is 168 Å². The molecule has 8 nitrogen and oxygen atoms in total. The van der Waals surface area contributed by atoms with Crippen LogP contribution < -0.4 is 15.8 Å². The van der Waals surface area contributed by atoms with Crippen molar-refractivity contribution >= 4 is 11.6 Å². The summed E-state index contributed by atoms with van der Waals surface area (Å²) in [6, 6.07) is 10.9. The van der Waals surface area contributed by atoms with Crippen LogP contribution in [0.4, 0.5) is 18.9 Å². The number of benzene rings is 2. The Morgan fingerprint density at radius 1 is 1.03 bits per heavy atom. The topological polar surface area (TPSA) is 156 Å². The minimum atomic E-state index is -4.45. The lowest BCUT2D eigenvalue weighted by Gasteiger charge is -2.12. The van der Waals surface area contributed by atoms with Gasteiger partial charge in [0.15, 0.2) is 0 Å². The molecule has 1 heterocycles. The van der Waals surface area contributed by atoms with Crippen LogP contribution >= 0.6 is 0 Å². The van der Waals surface area contributed by atoms with E-state index in [0.29, 0.717) is 5.69 Å². The van der Waals surface area contributed by atoms with Crippen molar-refractivity contribution in [1.29, 1.82) is 0 Å². The molecule has 0 aliphatic carbocycles. The lowest BCUT2D eigenvalue weighted by Crippen LogP contribution is -2.19. The van der Waals surface area contributed by atoms with Gasteiger partial charge in [0, 0.05) is 23.6 Å². The number of aromatic nitrogens is 2. The van der Waals surface area contributed by atoms with Crippen molar-refractivity contribution < 1.29 is 33.7 Å². The molecule has 3 rings (SSSR count). The van der Waals surface area contributed by atoms with Crippen LogP contribution in [0.5, 0.6) is 5.75 Å². The van der Waals surface area contributed by atoms with Crippen LogP contribution in [0.1, 0.15) is 5.56 Å². The van der Waals surface area contributed by atoms with E-state index in [1.807, 2.05) is 0 Å². The molecule has 0 saturated heterocycles. The number of ether oxygens (including phenoxy) is 1. The summed E-state index contributed by atoms with van der Waals surface area (Å²) >= 11 is 0. The van der Waals surface area contributed by atoms with Crippen LogP contribution in [0.25, 0.3) is 11.1 Å². The Balaban J connectivity index is 0.00000225. The van der Waals surface area contributed by atoms with Crippen LogP contribution in [0.3, 0.4) is 0 Å². The third-order valence-corrected chi connectivity index (χ3v) is 3.76. The van der Waals surface area contributed by atoms with E-state index in [0.717, 1.165) is 41.6 Å². The molecule has 2 aromatic carbocycles. The Morgan fingerprint density at radius 2 is 1.67 bits per heavy atom. The average molecular weight is 424 g/mol. The molecule has 1 amide bonds. The largest absolute Gasteiger partial charge is 0.450 e. The first kappa shape index (κ1) is 24.2. The summed E-state index contributed by atoms with van der Waals surface area (Å²) in [7, 11) is 0. The van der Waals surface area contributed by atoms with Gasteiger partial charge in [0.1, 0.15) is 5.75 Å². The smallest absolute Gasteiger partial charge is 0.416 e. The highest BCUT2D eigenvalue weighted by molar-refractivity contribution is 6.02. The van der Waals surface area contributed by atoms with E-state index in [2.05, 4.69) is 15.5 Å². The van der Waals surface area contributed by atoms with E-state index >= 15 is 0 Å². The summed E-state index contributed by atoms with van der Waals surface area (Å²) in [5, 5.41) is 9.19. The second kappa shape index (κ2) is 10.1. The molecule has 160 valence electrons. The van der Waals surface area contributed by atoms with Crippen LogP contribution in [-0.4, -0.2) is 27.1 Å². The molecule has 1 aromatic heterocycles. The summed E-state index contributed by atoms with van der Waals surface area (Å²) in [6.45, 7) is 0. The van der Waals surface area contributed by atoms with Crippen molar-refractivity contribution in [2.45, 2.75) is 6.18 Å². The number of carbonyl (C=O) groups excluding carboxylic acids is 1. The van der Waals surface area contributed by atoms with Crippen LogP contribution in [-0.2, 0) is 11.0 Å². The van der Waals surface area contributed by atoms with Gasteiger partial charge in [0.2, 0.25) is 5.76 Å². The number of rotatable bonds is 5. The third-order valence-electron chi connectivity index (χ3n) is 3.76. The number of hydrogen-bond donors (Lipinski definition) is 3. The molecule has 0 unspecified atom stereocenters. The molecule has 0 bridgehead atoms. The third kappa shape index (κ3) is 5.83. The van der Waals surface area contributed by atoms with Crippen molar-refractivity contribution in [3.63, 3.8) is 0 Å². The minimum absolute atomic E-state index is 0. The number of nitrogens with one attached hydrogen (secondary N) is 2. The van der Waals surface area contributed by atoms with Gasteiger partial charge in [-0.2, -0.15) is 18.3 Å². The molecule has 0 aliphatic heterocycles. The Morgan fingerprint density at radius 3 is 2.17 bits per heavy atom. The molecule has 8 N–H and O–H groups in total. The van der Waals surface area contributed by atoms with Gasteiger partial charge >= 0.3 is 6.18 Å². The van der Waals surface area contributed by atoms with E-state index in [1.165, 1.54) is 0 Å². The summed E-state index contributed by atoms with van der Waals surface area (Å²) in [5.74, 6) is -0.840. The van der Waals surface area contributed by atoms with Crippen molar-refractivity contribution in [3.8, 4) is 16.9 Å². The predicted octanol–water partition coefficient (Wildman–Crippen LogP) is 2.26. The highest BCUT2D eigenvalue weighted by Crippen LogP contribution is 2.30. The van der Waals surface area contributed by atoms with Crippen molar-refractivity contribution in [3.05, 3.63) is 78.4 Å². The second-order valence-corrected chi connectivity index (χ2v) is 5.67. The molecule has 0 aliphatic rings. The molecule has 0 fully saturated rings. The number of alkyl halides is 3. The van der Waals surface area contributed by atoms with Gasteiger partial charge in [0.05, 0.1) is 11.8 Å². The molecular weight excluding hydrogens is 405 g/mol. The fraction of sp³-hybridized carbons (Fsp3) is 0.0526. The highest BCUT2D eigenvalue weighted by Gasteiger charge is 2.30. The van der Waals surface area contributed by atoms with Gasteiger partial charge in [-0.1, -0.05) is 12.1 Å². The lowest BCUT2D eigenvalue weighted by atomic mass is 10.1. The van der Waals surface area contributed by atoms with Gasteiger partial charge in [-0.25, -0.2) is 0 Å². The monoisotopic (exact) mass is 424 g/mol. The number of nitrogens with zero attached hydrogens (tertiary/aromatic N) is 1. The number of carbonyl (C=O) groups is 1. The number of anilines is 1. The Hall–Kier alpha value is -3.83. The molecule has 0 radical (unpaired) electrons. The fourth-order valence-electron chi connectivity index (χ4n) is 2.34. The summed E-state index contributed by atoms with van der Waals surface area (Å²) in [6.07, 6.45) is -0.112. The summed E-state index contributed by atoms with van der Waals surface area (Å²) in [5.41, 5.74) is 6.90.